The van der Waals surface area contributed by atoms with E-state index in [1.54, 1.807) is 0 Å². The van der Waals surface area contributed by atoms with Crippen LogP contribution in [0.15, 0.2) is 29.1 Å². The zero-order chi connectivity index (χ0) is 17.2. The smallest absolute Gasteiger partial charge is 0.270 e. The molecule has 6 nitrogen and oxygen atoms in total. The van der Waals surface area contributed by atoms with Gasteiger partial charge in [0.05, 0.1) is 11.0 Å². The summed E-state index contributed by atoms with van der Waals surface area (Å²) < 4.78 is 0. The van der Waals surface area contributed by atoms with Gasteiger partial charge in [-0.25, -0.2) is 4.98 Å². The molecule has 1 aromatic heterocycles. The molecule has 0 aliphatic carbocycles. The molecule has 2 aliphatic heterocycles. The summed E-state index contributed by atoms with van der Waals surface area (Å²) in [6.45, 7) is 4.01. The van der Waals surface area contributed by atoms with Gasteiger partial charge in [0.25, 0.3) is 5.56 Å². The number of nitrogens with one attached hydrogen (secondary N) is 1. The Labute approximate surface area is 146 Å². The van der Waals surface area contributed by atoms with Gasteiger partial charge in [-0.2, -0.15) is 0 Å². The first-order valence-corrected chi connectivity index (χ1v) is 9.20. The maximum Gasteiger partial charge on any atom is 0.270 e. The van der Waals surface area contributed by atoms with E-state index in [4.69, 9.17) is 0 Å². The van der Waals surface area contributed by atoms with Crippen LogP contribution in [-0.2, 0) is 11.2 Å². The Balaban J connectivity index is 1.37. The number of carbonyl (C=O) groups excluding carboxylic acids is 1. The fraction of sp³-hybridized carbons (Fsp3) is 0.526. The molecule has 2 aromatic rings. The standard InChI is InChI=1S/C19H24N4O2/c24-18(23-12-9-14(13-23)22-10-3-4-11-22)8-7-17-19(25)21-16-6-2-1-5-15(16)20-17/h1-2,5-6,14H,3-4,7-13H2,(H,21,25). The predicted octanol–water partition coefficient (Wildman–Crippen LogP) is 1.55. The van der Waals surface area contributed by atoms with Crippen LogP contribution in [0.4, 0.5) is 0 Å². The van der Waals surface area contributed by atoms with Crippen molar-refractivity contribution >= 4 is 16.9 Å². The zero-order valence-electron chi connectivity index (χ0n) is 14.4. The fourth-order valence-electron chi connectivity index (χ4n) is 3.99. The molecular weight excluding hydrogens is 316 g/mol. The van der Waals surface area contributed by atoms with Crippen molar-refractivity contribution in [1.82, 2.24) is 19.8 Å². The van der Waals surface area contributed by atoms with Crippen LogP contribution in [0.2, 0.25) is 0 Å². The lowest BCUT2D eigenvalue weighted by Crippen LogP contribution is -2.37. The average Bonchev–Trinajstić information content (AvgIpc) is 3.30. The normalized spacial score (nSPS) is 21.3. The molecule has 1 atom stereocenters. The summed E-state index contributed by atoms with van der Waals surface area (Å²) in [4.78, 5) is 36.4. The number of hydrogen-bond acceptors (Lipinski definition) is 4. The molecule has 0 spiro atoms. The average molecular weight is 340 g/mol. The molecule has 6 heteroatoms. The van der Waals surface area contributed by atoms with E-state index in [2.05, 4.69) is 14.9 Å². The van der Waals surface area contributed by atoms with E-state index in [0.29, 0.717) is 24.6 Å². The van der Waals surface area contributed by atoms with Crippen LogP contribution in [0.5, 0.6) is 0 Å². The van der Waals surface area contributed by atoms with Crippen molar-refractivity contribution < 1.29 is 4.79 Å². The lowest BCUT2D eigenvalue weighted by molar-refractivity contribution is -0.130. The van der Waals surface area contributed by atoms with Gasteiger partial charge in [-0.1, -0.05) is 12.1 Å². The number of benzene rings is 1. The van der Waals surface area contributed by atoms with Crippen LogP contribution in [0.25, 0.3) is 11.0 Å². The Bertz CT molecular complexity index is 826. The van der Waals surface area contributed by atoms with Gasteiger partial charge in [-0.15, -0.1) is 0 Å². The number of aryl methyl sites for hydroxylation is 1. The number of amides is 1. The van der Waals surface area contributed by atoms with E-state index >= 15 is 0 Å². The number of hydrogen-bond donors (Lipinski definition) is 1. The number of nitrogens with zero attached hydrogens (tertiary/aromatic N) is 3. The van der Waals surface area contributed by atoms with Crippen molar-refractivity contribution in [3.8, 4) is 0 Å². The van der Waals surface area contributed by atoms with E-state index in [1.165, 1.54) is 25.9 Å². The minimum Gasteiger partial charge on any atom is -0.341 e. The third-order valence-corrected chi connectivity index (χ3v) is 5.42. The molecule has 0 saturated carbocycles. The number of aromatic nitrogens is 2. The van der Waals surface area contributed by atoms with Gasteiger partial charge in [0.1, 0.15) is 5.69 Å². The minimum atomic E-state index is -0.192. The molecule has 1 N–H and O–H groups in total. The molecular formula is C19H24N4O2. The van der Waals surface area contributed by atoms with E-state index < -0.39 is 0 Å². The van der Waals surface area contributed by atoms with Crippen LogP contribution < -0.4 is 5.56 Å². The van der Waals surface area contributed by atoms with Gasteiger partial charge in [0.2, 0.25) is 5.91 Å². The molecule has 2 saturated heterocycles. The van der Waals surface area contributed by atoms with Crippen LogP contribution in [0.3, 0.4) is 0 Å². The monoisotopic (exact) mass is 340 g/mol. The molecule has 1 unspecified atom stereocenters. The third-order valence-electron chi connectivity index (χ3n) is 5.42. The first-order chi connectivity index (χ1) is 12.2. The van der Waals surface area contributed by atoms with Crippen LogP contribution in [0.1, 0.15) is 31.4 Å². The van der Waals surface area contributed by atoms with Gasteiger partial charge < -0.3 is 9.88 Å². The summed E-state index contributed by atoms with van der Waals surface area (Å²) in [6.07, 6.45) is 4.37. The van der Waals surface area contributed by atoms with E-state index in [1.807, 2.05) is 29.2 Å². The first-order valence-electron chi connectivity index (χ1n) is 9.20. The molecule has 1 amide bonds. The fourth-order valence-corrected chi connectivity index (χ4v) is 3.99. The second-order valence-corrected chi connectivity index (χ2v) is 7.06. The molecule has 4 rings (SSSR count). The number of carbonyl (C=O) groups is 1. The molecule has 0 radical (unpaired) electrons. The molecule has 25 heavy (non-hydrogen) atoms. The second-order valence-electron chi connectivity index (χ2n) is 7.06. The summed E-state index contributed by atoms with van der Waals surface area (Å²) in [5.74, 6) is 0.135. The summed E-state index contributed by atoms with van der Waals surface area (Å²) in [5, 5.41) is 0. The van der Waals surface area contributed by atoms with Gasteiger partial charge in [-0.05, 0) is 44.5 Å². The van der Waals surface area contributed by atoms with Crippen molar-refractivity contribution in [1.29, 1.82) is 0 Å². The number of rotatable bonds is 4. The maximum absolute atomic E-state index is 12.5. The highest BCUT2D eigenvalue weighted by molar-refractivity contribution is 5.77. The minimum absolute atomic E-state index is 0.135. The van der Waals surface area contributed by atoms with E-state index in [-0.39, 0.29) is 11.5 Å². The first kappa shape index (κ1) is 16.3. The maximum atomic E-state index is 12.5. The highest BCUT2D eigenvalue weighted by atomic mass is 16.2. The van der Waals surface area contributed by atoms with Crippen LogP contribution in [-0.4, -0.2) is 57.9 Å². The Morgan fingerprint density at radius 1 is 1.20 bits per heavy atom. The lowest BCUT2D eigenvalue weighted by Gasteiger charge is -2.23. The number of likely N-dealkylation sites (tertiary alicyclic amines) is 2. The van der Waals surface area contributed by atoms with Crippen molar-refractivity contribution in [3.05, 3.63) is 40.3 Å². The summed E-state index contributed by atoms with van der Waals surface area (Å²) in [5.41, 5.74) is 1.75. The quantitative estimate of drug-likeness (QED) is 0.917. The van der Waals surface area contributed by atoms with E-state index in [0.717, 1.165) is 30.5 Å². The van der Waals surface area contributed by atoms with Gasteiger partial charge in [0, 0.05) is 32.0 Å². The number of H-pyrrole nitrogens is 1. The topological polar surface area (TPSA) is 69.3 Å². The second kappa shape index (κ2) is 6.96. The highest BCUT2D eigenvalue weighted by Gasteiger charge is 2.31. The molecule has 132 valence electrons. The Hall–Kier alpha value is -2.21. The van der Waals surface area contributed by atoms with Crippen LogP contribution in [0, 0.1) is 0 Å². The Morgan fingerprint density at radius 2 is 2.00 bits per heavy atom. The van der Waals surface area contributed by atoms with Crippen molar-refractivity contribution in [2.45, 2.75) is 38.1 Å². The molecule has 0 bridgehead atoms. The number of aromatic amines is 1. The molecule has 1 aromatic carbocycles. The van der Waals surface area contributed by atoms with Crippen LogP contribution >= 0.6 is 0 Å². The molecule has 3 heterocycles. The van der Waals surface area contributed by atoms with Crippen molar-refractivity contribution in [3.63, 3.8) is 0 Å². The van der Waals surface area contributed by atoms with Gasteiger partial charge >= 0.3 is 0 Å². The van der Waals surface area contributed by atoms with Gasteiger partial charge in [0.15, 0.2) is 0 Å². The SMILES string of the molecule is O=C(CCc1nc2ccccc2[nH]c1=O)N1CCC(N2CCCC2)C1. The zero-order valence-corrected chi connectivity index (χ0v) is 14.4. The summed E-state index contributed by atoms with van der Waals surface area (Å²) >= 11 is 0. The highest BCUT2D eigenvalue weighted by Crippen LogP contribution is 2.21. The third kappa shape index (κ3) is 3.44. The van der Waals surface area contributed by atoms with E-state index in [9.17, 15) is 9.59 Å². The Kier molecular flexibility index (Phi) is 4.53. The largest absolute Gasteiger partial charge is 0.341 e. The summed E-state index contributed by atoms with van der Waals surface area (Å²) in [6, 6.07) is 7.99. The predicted molar refractivity (Wildman–Crippen MR) is 96.5 cm³/mol. The molecule has 2 fully saturated rings. The van der Waals surface area contributed by atoms with Gasteiger partial charge in [-0.3, -0.25) is 14.5 Å². The van der Waals surface area contributed by atoms with Crippen molar-refractivity contribution in [2.75, 3.05) is 26.2 Å². The Morgan fingerprint density at radius 3 is 2.84 bits per heavy atom. The van der Waals surface area contributed by atoms with Crippen molar-refractivity contribution in [2.24, 2.45) is 0 Å². The number of para-hydroxylation sites is 2. The summed E-state index contributed by atoms with van der Waals surface area (Å²) in [7, 11) is 0. The molecule has 2 aliphatic rings. The number of fused-ring (bicyclic) bond motifs is 1. The lowest BCUT2D eigenvalue weighted by atomic mass is 10.2.